The number of rotatable bonds is 2. The van der Waals surface area contributed by atoms with E-state index in [-0.39, 0.29) is 0 Å². The molecule has 98 valence electrons. The van der Waals surface area contributed by atoms with Crippen LogP contribution in [0, 0.1) is 0 Å². The lowest BCUT2D eigenvalue weighted by Gasteiger charge is -2.12. The van der Waals surface area contributed by atoms with Crippen LogP contribution < -0.4 is 0 Å². The van der Waals surface area contributed by atoms with Gasteiger partial charge in [0.1, 0.15) is 5.01 Å². The fourth-order valence-electron chi connectivity index (χ4n) is 1.68. The van der Waals surface area contributed by atoms with E-state index in [1.165, 1.54) is 11.3 Å². The van der Waals surface area contributed by atoms with Gasteiger partial charge in [-0.15, -0.1) is 22.7 Å². The van der Waals surface area contributed by atoms with E-state index in [0.29, 0.717) is 5.02 Å². The highest BCUT2D eigenvalue weighted by molar-refractivity contribution is 7.26. The van der Waals surface area contributed by atoms with Crippen molar-refractivity contribution in [2.45, 2.75) is 19.4 Å². The number of aromatic nitrogens is 2. The molecular formula is C13H11ClN2OS2. The maximum atomic E-state index is 9.97. The third kappa shape index (κ3) is 2.39. The lowest BCUT2D eigenvalue weighted by Crippen LogP contribution is -2.12. The van der Waals surface area contributed by atoms with Crippen molar-refractivity contribution in [2.24, 2.45) is 0 Å². The smallest absolute Gasteiger partial charge is 0.133 e. The Bertz CT molecular complexity index is 743. The van der Waals surface area contributed by atoms with E-state index in [2.05, 4.69) is 9.97 Å². The van der Waals surface area contributed by atoms with Crippen LogP contribution in [0.2, 0.25) is 5.02 Å². The second-order valence-corrected chi connectivity index (χ2v) is 7.20. The molecule has 0 amide bonds. The molecular weight excluding hydrogens is 300 g/mol. The summed E-state index contributed by atoms with van der Waals surface area (Å²) >= 11 is 9.21. The molecule has 1 N–H and O–H groups in total. The van der Waals surface area contributed by atoms with E-state index in [4.69, 9.17) is 11.6 Å². The van der Waals surface area contributed by atoms with Crippen molar-refractivity contribution >= 4 is 44.5 Å². The van der Waals surface area contributed by atoms with Crippen molar-refractivity contribution in [3.8, 4) is 9.88 Å². The number of thiophene rings is 1. The highest BCUT2D eigenvalue weighted by atomic mass is 35.5. The van der Waals surface area contributed by atoms with Gasteiger partial charge < -0.3 is 5.11 Å². The molecule has 0 radical (unpaired) electrons. The minimum absolute atomic E-state index is 0.709. The summed E-state index contributed by atoms with van der Waals surface area (Å²) in [5.74, 6) is 0. The standard InChI is InChI=1S/C13H11ClN2OS2/c1-13(2,17)10-6-16-12(19-10)9-5-8-11(18-9)7(14)3-4-15-8/h3-6,17H,1-2H3. The molecule has 0 spiro atoms. The van der Waals surface area contributed by atoms with Crippen LogP contribution in [0.3, 0.4) is 0 Å². The first-order chi connectivity index (χ1) is 8.95. The largest absolute Gasteiger partial charge is 0.385 e. The molecule has 3 rings (SSSR count). The molecule has 0 aliphatic heterocycles. The fourth-order valence-corrected chi connectivity index (χ4v) is 3.94. The summed E-state index contributed by atoms with van der Waals surface area (Å²) in [7, 11) is 0. The Labute approximate surface area is 123 Å². The number of fused-ring (bicyclic) bond motifs is 1. The predicted molar refractivity (Wildman–Crippen MR) is 81.0 cm³/mol. The summed E-state index contributed by atoms with van der Waals surface area (Å²) in [5.41, 5.74) is 0.0233. The van der Waals surface area contributed by atoms with Crippen LogP contribution >= 0.6 is 34.3 Å². The van der Waals surface area contributed by atoms with Gasteiger partial charge in [-0.2, -0.15) is 0 Å². The predicted octanol–water partition coefficient (Wildman–Crippen LogP) is 4.30. The van der Waals surface area contributed by atoms with Crippen molar-refractivity contribution in [1.82, 2.24) is 9.97 Å². The molecule has 3 heterocycles. The Morgan fingerprint density at radius 2 is 2.05 bits per heavy atom. The quantitative estimate of drug-likeness (QED) is 0.767. The number of aliphatic hydroxyl groups is 1. The zero-order chi connectivity index (χ0) is 13.6. The van der Waals surface area contributed by atoms with Gasteiger partial charge in [-0.25, -0.2) is 4.98 Å². The molecule has 0 aliphatic rings. The highest BCUT2D eigenvalue weighted by Crippen LogP contribution is 2.39. The molecule has 6 heteroatoms. The summed E-state index contributed by atoms with van der Waals surface area (Å²) in [5, 5.41) is 11.6. The van der Waals surface area contributed by atoms with E-state index in [1.807, 2.05) is 6.07 Å². The molecule has 0 unspecified atom stereocenters. The molecule has 0 fully saturated rings. The summed E-state index contributed by atoms with van der Waals surface area (Å²) < 4.78 is 0.971. The van der Waals surface area contributed by atoms with Gasteiger partial charge in [-0.05, 0) is 26.0 Å². The first-order valence-electron chi connectivity index (χ1n) is 5.68. The Morgan fingerprint density at radius 3 is 2.68 bits per heavy atom. The van der Waals surface area contributed by atoms with Crippen LogP contribution in [-0.2, 0) is 5.60 Å². The normalized spacial score (nSPS) is 12.2. The van der Waals surface area contributed by atoms with Gasteiger partial charge in [0.05, 0.1) is 30.6 Å². The Balaban J connectivity index is 2.09. The molecule has 0 aliphatic carbocycles. The Hall–Kier alpha value is -1.01. The van der Waals surface area contributed by atoms with Crippen LogP contribution in [0.4, 0.5) is 0 Å². The second-order valence-electron chi connectivity index (χ2n) is 4.71. The van der Waals surface area contributed by atoms with Gasteiger partial charge in [0.2, 0.25) is 0 Å². The molecule has 0 saturated heterocycles. The van der Waals surface area contributed by atoms with Crippen LogP contribution in [-0.4, -0.2) is 15.1 Å². The molecule has 3 nitrogen and oxygen atoms in total. The highest BCUT2D eigenvalue weighted by Gasteiger charge is 2.20. The summed E-state index contributed by atoms with van der Waals surface area (Å²) in [6.45, 7) is 3.52. The number of hydrogen-bond acceptors (Lipinski definition) is 5. The van der Waals surface area contributed by atoms with E-state index in [9.17, 15) is 5.11 Å². The van der Waals surface area contributed by atoms with Crippen molar-refractivity contribution in [1.29, 1.82) is 0 Å². The van der Waals surface area contributed by atoms with Gasteiger partial charge >= 0.3 is 0 Å². The first kappa shape index (κ1) is 13.0. The second kappa shape index (κ2) is 4.52. The number of halogens is 1. The van der Waals surface area contributed by atoms with Gasteiger partial charge in [-0.1, -0.05) is 11.6 Å². The Morgan fingerprint density at radius 1 is 1.26 bits per heavy atom. The molecule has 3 aromatic rings. The molecule has 3 aromatic heterocycles. The van der Waals surface area contributed by atoms with E-state index in [0.717, 1.165) is 25.0 Å². The summed E-state index contributed by atoms with van der Waals surface area (Å²) in [6.07, 6.45) is 3.42. The number of nitrogens with zero attached hydrogens (tertiary/aromatic N) is 2. The van der Waals surface area contributed by atoms with Crippen molar-refractivity contribution in [3.63, 3.8) is 0 Å². The van der Waals surface area contributed by atoms with E-state index >= 15 is 0 Å². The average Bonchev–Trinajstić information content (AvgIpc) is 2.94. The fraction of sp³-hybridized carbons (Fsp3) is 0.231. The zero-order valence-electron chi connectivity index (χ0n) is 10.3. The minimum Gasteiger partial charge on any atom is -0.385 e. The third-order valence-corrected chi connectivity index (χ3v) is 5.75. The SMILES string of the molecule is CC(C)(O)c1cnc(-c2cc3nccc(Cl)c3s2)s1. The maximum Gasteiger partial charge on any atom is 0.133 e. The summed E-state index contributed by atoms with van der Waals surface area (Å²) in [6, 6.07) is 3.77. The maximum absolute atomic E-state index is 9.97. The molecule has 0 atom stereocenters. The minimum atomic E-state index is -0.859. The lowest BCUT2D eigenvalue weighted by atomic mass is 10.1. The van der Waals surface area contributed by atoms with E-state index in [1.54, 1.807) is 43.6 Å². The molecule has 0 aromatic carbocycles. The van der Waals surface area contributed by atoms with Crippen LogP contribution in [0.15, 0.2) is 24.5 Å². The number of thiazole rings is 1. The molecule has 19 heavy (non-hydrogen) atoms. The van der Waals surface area contributed by atoms with Crippen LogP contribution in [0.5, 0.6) is 0 Å². The van der Waals surface area contributed by atoms with Crippen LogP contribution in [0.1, 0.15) is 18.7 Å². The van der Waals surface area contributed by atoms with E-state index < -0.39 is 5.60 Å². The van der Waals surface area contributed by atoms with Gasteiger partial charge in [0.15, 0.2) is 0 Å². The monoisotopic (exact) mass is 310 g/mol. The number of hydrogen-bond donors (Lipinski definition) is 1. The third-order valence-electron chi connectivity index (χ3n) is 2.68. The Kier molecular flexibility index (Phi) is 3.09. The lowest BCUT2D eigenvalue weighted by molar-refractivity contribution is 0.0823. The van der Waals surface area contributed by atoms with Crippen molar-refractivity contribution < 1.29 is 5.11 Å². The van der Waals surface area contributed by atoms with Gasteiger partial charge in [0.25, 0.3) is 0 Å². The van der Waals surface area contributed by atoms with Crippen LogP contribution in [0.25, 0.3) is 20.1 Å². The van der Waals surface area contributed by atoms with Gasteiger partial charge in [0, 0.05) is 12.4 Å². The summed E-state index contributed by atoms with van der Waals surface area (Å²) in [4.78, 5) is 10.5. The van der Waals surface area contributed by atoms with Crippen molar-refractivity contribution in [2.75, 3.05) is 0 Å². The number of pyridine rings is 1. The first-order valence-corrected chi connectivity index (χ1v) is 7.69. The molecule has 0 bridgehead atoms. The average molecular weight is 311 g/mol. The topological polar surface area (TPSA) is 46.0 Å². The molecule has 0 saturated carbocycles. The van der Waals surface area contributed by atoms with Gasteiger partial charge in [-0.3, -0.25) is 4.98 Å². The van der Waals surface area contributed by atoms with Crippen molar-refractivity contribution in [3.05, 3.63) is 34.4 Å². The zero-order valence-corrected chi connectivity index (χ0v) is 12.7.